The van der Waals surface area contributed by atoms with Gasteiger partial charge in [-0.25, -0.2) is 0 Å². The number of amides is 1. The minimum atomic E-state index is -0.0146. The van der Waals surface area contributed by atoms with Crippen molar-refractivity contribution in [3.05, 3.63) is 30.6 Å². The molecule has 21 heavy (non-hydrogen) atoms. The van der Waals surface area contributed by atoms with Crippen LogP contribution in [0.15, 0.2) is 35.7 Å². The van der Waals surface area contributed by atoms with Gasteiger partial charge >= 0.3 is 0 Å². The van der Waals surface area contributed by atoms with E-state index in [9.17, 15) is 4.79 Å². The van der Waals surface area contributed by atoms with Crippen molar-refractivity contribution in [2.45, 2.75) is 25.0 Å². The number of methoxy groups -OCH3 is 1. The van der Waals surface area contributed by atoms with E-state index < -0.39 is 0 Å². The number of nitrogens with zero attached hydrogens (tertiary/aromatic N) is 3. The molecule has 0 spiro atoms. The number of nitrogens with one attached hydrogen (secondary N) is 1. The fraction of sp³-hybridized carbons (Fsp3) is 0.357. The molecule has 6 nitrogen and oxygen atoms in total. The summed E-state index contributed by atoms with van der Waals surface area (Å²) in [5.74, 6) is 1.09. The molecule has 0 aliphatic carbocycles. The van der Waals surface area contributed by atoms with Crippen LogP contribution < -0.4 is 10.1 Å². The molecule has 112 valence electrons. The molecule has 0 fully saturated rings. The first kappa shape index (κ1) is 15.4. The van der Waals surface area contributed by atoms with Gasteiger partial charge in [-0.2, -0.15) is 0 Å². The molecule has 1 amide bonds. The molecule has 0 aliphatic heterocycles. The fourth-order valence-corrected chi connectivity index (χ4v) is 2.48. The summed E-state index contributed by atoms with van der Waals surface area (Å²) in [6, 6.07) is 7.71. The maximum absolute atomic E-state index is 11.7. The van der Waals surface area contributed by atoms with E-state index in [0.717, 1.165) is 11.4 Å². The van der Waals surface area contributed by atoms with E-state index in [1.807, 2.05) is 42.7 Å². The molecule has 1 heterocycles. The molecule has 0 unspecified atom stereocenters. The van der Waals surface area contributed by atoms with Crippen LogP contribution in [0.4, 0.5) is 0 Å². The number of carbonyl (C=O) groups is 1. The van der Waals surface area contributed by atoms with Gasteiger partial charge in [0.25, 0.3) is 0 Å². The topological polar surface area (TPSA) is 69.0 Å². The first-order valence-corrected chi connectivity index (χ1v) is 7.55. The van der Waals surface area contributed by atoms with Crippen molar-refractivity contribution in [1.29, 1.82) is 0 Å². The van der Waals surface area contributed by atoms with Crippen LogP contribution in [0.1, 0.15) is 13.8 Å². The summed E-state index contributed by atoms with van der Waals surface area (Å²) < 4.78 is 6.97. The SMILES string of the molecule is COc1ccc(-n2cnnc2SCC(=O)NC(C)C)cc1. The second-order valence-electron chi connectivity index (χ2n) is 4.69. The zero-order valence-corrected chi connectivity index (χ0v) is 13.1. The van der Waals surface area contributed by atoms with E-state index in [2.05, 4.69) is 15.5 Å². The highest BCUT2D eigenvalue weighted by Gasteiger charge is 2.10. The van der Waals surface area contributed by atoms with E-state index in [1.165, 1.54) is 11.8 Å². The number of carbonyl (C=O) groups excluding carboxylic acids is 1. The lowest BCUT2D eigenvalue weighted by molar-refractivity contribution is -0.119. The monoisotopic (exact) mass is 306 g/mol. The van der Waals surface area contributed by atoms with Gasteiger partial charge in [-0.05, 0) is 38.1 Å². The molecule has 7 heteroatoms. The van der Waals surface area contributed by atoms with E-state index in [4.69, 9.17) is 4.74 Å². The molecule has 2 rings (SSSR count). The third kappa shape index (κ3) is 4.22. The Morgan fingerprint density at radius 2 is 2.10 bits per heavy atom. The summed E-state index contributed by atoms with van der Waals surface area (Å²) in [5, 5.41) is 11.5. The molecular formula is C14H18N4O2S. The molecule has 1 N–H and O–H groups in total. The molecular weight excluding hydrogens is 288 g/mol. The second kappa shape index (κ2) is 7.12. The van der Waals surface area contributed by atoms with Crippen LogP contribution in [0, 0.1) is 0 Å². The second-order valence-corrected chi connectivity index (χ2v) is 5.63. The van der Waals surface area contributed by atoms with Gasteiger partial charge in [0, 0.05) is 11.7 Å². The molecule has 0 atom stereocenters. The average Bonchev–Trinajstić information content (AvgIpc) is 2.93. The van der Waals surface area contributed by atoms with Crippen molar-refractivity contribution in [1.82, 2.24) is 20.1 Å². The lowest BCUT2D eigenvalue weighted by Crippen LogP contribution is -2.31. The van der Waals surface area contributed by atoms with Gasteiger partial charge in [-0.1, -0.05) is 11.8 Å². The van der Waals surface area contributed by atoms with Crippen LogP contribution in [0.25, 0.3) is 5.69 Å². The minimum absolute atomic E-state index is 0.0146. The predicted molar refractivity (Wildman–Crippen MR) is 81.9 cm³/mol. The van der Waals surface area contributed by atoms with Gasteiger partial charge in [-0.3, -0.25) is 9.36 Å². The Morgan fingerprint density at radius 1 is 1.38 bits per heavy atom. The summed E-state index contributed by atoms with van der Waals surface area (Å²) >= 11 is 1.35. The Balaban J connectivity index is 2.05. The highest BCUT2D eigenvalue weighted by atomic mass is 32.2. The minimum Gasteiger partial charge on any atom is -0.497 e. The molecule has 1 aromatic carbocycles. The number of hydrogen-bond acceptors (Lipinski definition) is 5. The molecule has 2 aromatic rings. The van der Waals surface area contributed by atoms with Crippen molar-refractivity contribution in [3.63, 3.8) is 0 Å². The smallest absolute Gasteiger partial charge is 0.230 e. The molecule has 0 radical (unpaired) electrons. The van der Waals surface area contributed by atoms with Crippen LogP contribution >= 0.6 is 11.8 Å². The van der Waals surface area contributed by atoms with Gasteiger partial charge in [0.1, 0.15) is 12.1 Å². The number of hydrogen-bond donors (Lipinski definition) is 1. The zero-order valence-electron chi connectivity index (χ0n) is 12.2. The lowest BCUT2D eigenvalue weighted by atomic mass is 10.3. The lowest BCUT2D eigenvalue weighted by Gasteiger charge is -2.09. The van der Waals surface area contributed by atoms with Crippen LogP contribution in [0.5, 0.6) is 5.75 Å². The third-order valence-corrected chi connectivity index (χ3v) is 3.59. The van der Waals surface area contributed by atoms with Crippen molar-refractivity contribution in [2.24, 2.45) is 0 Å². The van der Waals surface area contributed by atoms with Crippen molar-refractivity contribution >= 4 is 17.7 Å². The van der Waals surface area contributed by atoms with Gasteiger partial charge in [0.15, 0.2) is 5.16 Å². The summed E-state index contributed by atoms with van der Waals surface area (Å²) in [6.07, 6.45) is 1.63. The molecule has 0 saturated heterocycles. The number of benzene rings is 1. The first-order chi connectivity index (χ1) is 10.1. The Hall–Kier alpha value is -2.02. The van der Waals surface area contributed by atoms with E-state index in [0.29, 0.717) is 10.9 Å². The van der Waals surface area contributed by atoms with Crippen LogP contribution in [-0.4, -0.2) is 39.6 Å². The van der Waals surface area contributed by atoms with Gasteiger partial charge in [0.05, 0.1) is 12.9 Å². The Bertz CT molecular complexity index is 595. The van der Waals surface area contributed by atoms with Crippen LogP contribution in [0.2, 0.25) is 0 Å². The van der Waals surface area contributed by atoms with Gasteiger partial charge in [-0.15, -0.1) is 10.2 Å². The fourth-order valence-electron chi connectivity index (χ4n) is 1.74. The molecule has 0 aliphatic rings. The Morgan fingerprint density at radius 3 is 2.71 bits per heavy atom. The van der Waals surface area contributed by atoms with Crippen molar-refractivity contribution < 1.29 is 9.53 Å². The highest BCUT2D eigenvalue weighted by molar-refractivity contribution is 7.99. The van der Waals surface area contributed by atoms with Gasteiger partial charge < -0.3 is 10.1 Å². The Kier molecular flexibility index (Phi) is 5.21. The molecule has 0 saturated carbocycles. The van der Waals surface area contributed by atoms with E-state index in [-0.39, 0.29) is 11.9 Å². The van der Waals surface area contributed by atoms with E-state index in [1.54, 1.807) is 13.4 Å². The van der Waals surface area contributed by atoms with Crippen molar-refractivity contribution in [3.8, 4) is 11.4 Å². The molecule has 1 aromatic heterocycles. The van der Waals surface area contributed by atoms with Gasteiger partial charge in [0.2, 0.25) is 5.91 Å². The number of rotatable bonds is 6. The predicted octanol–water partition coefficient (Wildman–Crippen LogP) is 1.89. The summed E-state index contributed by atoms with van der Waals surface area (Å²) in [7, 11) is 1.63. The number of thioether (sulfide) groups is 1. The highest BCUT2D eigenvalue weighted by Crippen LogP contribution is 2.21. The summed E-state index contributed by atoms with van der Waals surface area (Å²) in [6.45, 7) is 3.87. The van der Waals surface area contributed by atoms with Crippen molar-refractivity contribution in [2.75, 3.05) is 12.9 Å². The first-order valence-electron chi connectivity index (χ1n) is 6.56. The number of ether oxygens (including phenoxy) is 1. The standard InChI is InChI=1S/C14H18N4O2S/c1-10(2)16-13(19)8-21-14-17-15-9-18(14)11-4-6-12(20-3)7-5-11/h4-7,9-10H,8H2,1-3H3,(H,16,19). The van der Waals surface area contributed by atoms with E-state index >= 15 is 0 Å². The van der Waals surface area contributed by atoms with Crippen LogP contribution in [0.3, 0.4) is 0 Å². The zero-order chi connectivity index (χ0) is 15.2. The molecule has 0 bridgehead atoms. The number of aromatic nitrogens is 3. The summed E-state index contributed by atoms with van der Waals surface area (Å²) in [4.78, 5) is 11.7. The average molecular weight is 306 g/mol. The maximum atomic E-state index is 11.7. The summed E-state index contributed by atoms with van der Waals surface area (Å²) in [5.41, 5.74) is 0.924. The maximum Gasteiger partial charge on any atom is 0.230 e. The normalized spacial score (nSPS) is 10.7. The quantitative estimate of drug-likeness (QED) is 0.825. The largest absolute Gasteiger partial charge is 0.497 e. The van der Waals surface area contributed by atoms with Crippen LogP contribution in [-0.2, 0) is 4.79 Å². The Labute approximate surface area is 127 Å². The third-order valence-electron chi connectivity index (χ3n) is 2.65.